The van der Waals surface area contributed by atoms with Crippen LogP contribution < -0.4 is 5.56 Å². The molecule has 31 heavy (non-hydrogen) atoms. The van der Waals surface area contributed by atoms with Crippen LogP contribution in [-0.4, -0.2) is 19.7 Å². The Morgan fingerprint density at radius 2 is 1.87 bits per heavy atom. The summed E-state index contributed by atoms with van der Waals surface area (Å²) in [5.74, 6) is 1.32. The zero-order valence-corrected chi connectivity index (χ0v) is 18.7. The Kier molecular flexibility index (Phi) is 5.35. The Morgan fingerprint density at radius 3 is 2.68 bits per heavy atom. The molecule has 5 aromatic rings. The normalized spacial score (nSPS) is 11.3. The fourth-order valence-electron chi connectivity index (χ4n) is 3.09. The Bertz CT molecular complexity index is 1440. The Hall–Kier alpha value is -2.94. The van der Waals surface area contributed by atoms with Gasteiger partial charge >= 0.3 is 0 Å². The van der Waals surface area contributed by atoms with E-state index in [0.29, 0.717) is 37.9 Å². The predicted molar refractivity (Wildman–Crippen MR) is 125 cm³/mol. The Balaban J connectivity index is 1.41. The molecule has 5 rings (SSSR count). The van der Waals surface area contributed by atoms with Crippen molar-refractivity contribution in [1.82, 2.24) is 19.7 Å². The number of benzene rings is 2. The van der Waals surface area contributed by atoms with Crippen LogP contribution in [0.2, 0.25) is 5.02 Å². The molecular weight excluding hydrogens is 452 g/mol. The van der Waals surface area contributed by atoms with Crippen molar-refractivity contribution in [3.05, 3.63) is 81.9 Å². The molecule has 2 aromatic carbocycles. The maximum atomic E-state index is 12.9. The molecule has 154 valence electrons. The first-order valence-corrected chi connectivity index (χ1v) is 11.5. The minimum atomic E-state index is -0.0650. The molecule has 9 heteroatoms. The average molecular weight is 467 g/mol. The smallest absolute Gasteiger partial charge is 0.271 e. The van der Waals surface area contributed by atoms with Gasteiger partial charge in [0.15, 0.2) is 5.16 Å². The lowest BCUT2D eigenvalue weighted by molar-refractivity contribution is 0.391. The Morgan fingerprint density at radius 1 is 1.06 bits per heavy atom. The lowest BCUT2D eigenvalue weighted by atomic mass is 10.2. The summed E-state index contributed by atoms with van der Waals surface area (Å²) in [5.41, 5.74) is 2.48. The van der Waals surface area contributed by atoms with Gasteiger partial charge < -0.3 is 4.52 Å². The van der Waals surface area contributed by atoms with Gasteiger partial charge in [-0.2, -0.15) is 4.98 Å². The van der Waals surface area contributed by atoms with Crippen LogP contribution in [-0.2, 0) is 12.8 Å². The SMILES string of the molecule is Cn1c(SCc2nc(-c3cccc(Cl)c3)no2)nc2cc(-c3ccccc3)sc2c1=O. The van der Waals surface area contributed by atoms with Crippen LogP contribution >= 0.6 is 34.7 Å². The van der Waals surface area contributed by atoms with Crippen LogP contribution in [0.1, 0.15) is 5.89 Å². The molecule has 0 atom stereocenters. The first-order chi connectivity index (χ1) is 15.1. The van der Waals surface area contributed by atoms with Gasteiger partial charge in [-0.05, 0) is 23.8 Å². The maximum Gasteiger partial charge on any atom is 0.271 e. The molecule has 0 unspecified atom stereocenters. The summed E-state index contributed by atoms with van der Waals surface area (Å²) in [6.07, 6.45) is 0. The molecule has 0 saturated heterocycles. The van der Waals surface area contributed by atoms with Crippen molar-refractivity contribution in [2.45, 2.75) is 10.9 Å². The van der Waals surface area contributed by atoms with Gasteiger partial charge in [0.1, 0.15) is 4.70 Å². The summed E-state index contributed by atoms with van der Waals surface area (Å²) in [5, 5.41) is 5.22. The van der Waals surface area contributed by atoms with Gasteiger partial charge in [-0.3, -0.25) is 9.36 Å². The van der Waals surface area contributed by atoms with E-state index in [1.807, 2.05) is 48.5 Å². The predicted octanol–water partition coefficient (Wildman–Crippen LogP) is 5.66. The molecular formula is C22H15ClN4O2S2. The molecule has 3 aromatic heterocycles. The summed E-state index contributed by atoms with van der Waals surface area (Å²) < 4.78 is 7.57. The van der Waals surface area contributed by atoms with Gasteiger partial charge in [0.25, 0.3) is 5.56 Å². The third kappa shape index (κ3) is 4.01. The number of thioether (sulfide) groups is 1. The maximum absolute atomic E-state index is 12.9. The fraction of sp³-hybridized carbons (Fsp3) is 0.0909. The molecule has 0 aliphatic heterocycles. The van der Waals surface area contributed by atoms with Crippen molar-refractivity contribution in [2.24, 2.45) is 7.05 Å². The van der Waals surface area contributed by atoms with E-state index in [1.165, 1.54) is 23.1 Å². The van der Waals surface area contributed by atoms with Crippen LogP contribution in [0.3, 0.4) is 0 Å². The van der Waals surface area contributed by atoms with E-state index in [9.17, 15) is 4.79 Å². The number of nitrogens with zero attached hydrogens (tertiary/aromatic N) is 4. The van der Waals surface area contributed by atoms with E-state index in [4.69, 9.17) is 21.1 Å². The third-order valence-electron chi connectivity index (χ3n) is 4.65. The highest BCUT2D eigenvalue weighted by atomic mass is 35.5. The molecule has 0 spiro atoms. The second kappa shape index (κ2) is 8.30. The monoisotopic (exact) mass is 466 g/mol. The van der Waals surface area contributed by atoms with Crippen molar-refractivity contribution in [3.63, 3.8) is 0 Å². The second-order valence-electron chi connectivity index (χ2n) is 6.76. The summed E-state index contributed by atoms with van der Waals surface area (Å²) in [4.78, 5) is 23.0. The number of halogens is 1. The summed E-state index contributed by atoms with van der Waals surface area (Å²) >= 11 is 8.87. The minimum absolute atomic E-state index is 0.0650. The number of rotatable bonds is 5. The lowest BCUT2D eigenvalue weighted by Gasteiger charge is -2.05. The Labute approximate surface area is 190 Å². The second-order valence-corrected chi connectivity index (χ2v) is 9.19. The number of aromatic nitrogens is 4. The molecule has 6 nitrogen and oxygen atoms in total. The highest BCUT2D eigenvalue weighted by Crippen LogP contribution is 2.32. The minimum Gasteiger partial charge on any atom is -0.338 e. The largest absolute Gasteiger partial charge is 0.338 e. The molecule has 0 radical (unpaired) electrons. The van der Waals surface area contributed by atoms with Gasteiger partial charge in [0.05, 0.1) is 11.3 Å². The van der Waals surface area contributed by atoms with E-state index in [0.717, 1.165) is 16.0 Å². The topological polar surface area (TPSA) is 73.8 Å². The first-order valence-electron chi connectivity index (χ1n) is 9.36. The van der Waals surface area contributed by atoms with Crippen LogP contribution in [0.5, 0.6) is 0 Å². The van der Waals surface area contributed by atoms with Crippen molar-refractivity contribution < 1.29 is 4.52 Å². The molecule has 0 aliphatic carbocycles. The van der Waals surface area contributed by atoms with Crippen LogP contribution in [0.25, 0.3) is 32.0 Å². The van der Waals surface area contributed by atoms with Crippen molar-refractivity contribution in [3.8, 4) is 21.8 Å². The van der Waals surface area contributed by atoms with E-state index < -0.39 is 0 Å². The van der Waals surface area contributed by atoms with Gasteiger partial charge in [-0.25, -0.2) is 4.98 Å². The van der Waals surface area contributed by atoms with E-state index in [2.05, 4.69) is 10.1 Å². The van der Waals surface area contributed by atoms with E-state index >= 15 is 0 Å². The fourth-order valence-corrected chi connectivity index (χ4v) is 5.17. The molecule has 3 heterocycles. The standard InChI is InChI=1S/C22H15ClN4O2S2/c1-27-21(28)19-16(11-17(31-19)13-6-3-2-4-7-13)24-22(27)30-12-18-25-20(26-29-18)14-8-5-9-15(23)10-14/h2-11H,12H2,1H3. The number of fused-ring (bicyclic) bond motifs is 1. The van der Waals surface area contributed by atoms with Crippen molar-refractivity contribution >= 4 is 44.9 Å². The van der Waals surface area contributed by atoms with Gasteiger partial charge in [-0.15, -0.1) is 11.3 Å². The zero-order valence-electron chi connectivity index (χ0n) is 16.3. The van der Waals surface area contributed by atoms with Crippen LogP contribution in [0.4, 0.5) is 0 Å². The lowest BCUT2D eigenvalue weighted by Crippen LogP contribution is -2.18. The average Bonchev–Trinajstić information content (AvgIpc) is 3.43. The quantitative estimate of drug-likeness (QED) is 0.246. The summed E-state index contributed by atoms with van der Waals surface area (Å²) in [6.45, 7) is 0. The molecule has 0 saturated carbocycles. The van der Waals surface area contributed by atoms with Crippen molar-refractivity contribution in [1.29, 1.82) is 0 Å². The molecule has 0 fully saturated rings. The van der Waals surface area contributed by atoms with Gasteiger partial charge in [-0.1, -0.05) is 71.0 Å². The summed E-state index contributed by atoms with van der Waals surface area (Å²) in [6, 6.07) is 19.2. The third-order valence-corrected chi connectivity index (χ3v) is 7.06. The first kappa shape index (κ1) is 20.0. The molecule has 0 bridgehead atoms. The van der Waals surface area contributed by atoms with Gasteiger partial charge in [0, 0.05) is 22.5 Å². The number of hydrogen-bond donors (Lipinski definition) is 0. The highest BCUT2D eigenvalue weighted by Gasteiger charge is 2.15. The van der Waals surface area contributed by atoms with Crippen LogP contribution in [0.15, 0.2) is 75.1 Å². The van der Waals surface area contributed by atoms with E-state index in [-0.39, 0.29) is 5.56 Å². The van der Waals surface area contributed by atoms with Crippen LogP contribution in [0, 0.1) is 0 Å². The van der Waals surface area contributed by atoms with Gasteiger partial charge in [0.2, 0.25) is 11.7 Å². The number of thiophene rings is 1. The molecule has 0 aliphatic rings. The molecule has 0 amide bonds. The van der Waals surface area contributed by atoms with Crippen molar-refractivity contribution in [2.75, 3.05) is 0 Å². The number of hydrogen-bond acceptors (Lipinski definition) is 7. The highest BCUT2D eigenvalue weighted by molar-refractivity contribution is 7.98. The summed E-state index contributed by atoms with van der Waals surface area (Å²) in [7, 11) is 1.73. The molecule has 0 N–H and O–H groups in total. The zero-order chi connectivity index (χ0) is 21.4. The van der Waals surface area contributed by atoms with E-state index in [1.54, 1.807) is 23.7 Å².